The molecular formula is C11H17N3. The third-order valence-electron chi connectivity index (χ3n) is 2.90. The van der Waals surface area contributed by atoms with Crippen molar-refractivity contribution in [3.63, 3.8) is 0 Å². The van der Waals surface area contributed by atoms with Gasteiger partial charge in [-0.05, 0) is 32.9 Å². The molecular weight excluding hydrogens is 174 g/mol. The summed E-state index contributed by atoms with van der Waals surface area (Å²) in [5, 5.41) is 0. The first-order valence-electron chi connectivity index (χ1n) is 5.28. The first-order chi connectivity index (χ1) is 6.77. The highest BCUT2D eigenvalue weighted by Crippen LogP contribution is 2.25. The van der Waals surface area contributed by atoms with Crippen LogP contribution >= 0.6 is 0 Å². The van der Waals surface area contributed by atoms with E-state index in [1.165, 1.54) is 13.0 Å². The molecule has 3 nitrogen and oxygen atoms in total. The number of rotatable bonds is 2. The molecule has 2 rings (SSSR count). The van der Waals surface area contributed by atoms with Crippen LogP contribution in [0.4, 0.5) is 0 Å². The van der Waals surface area contributed by atoms with E-state index in [9.17, 15) is 0 Å². The van der Waals surface area contributed by atoms with Gasteiger partial charge in [0, 0.05) is 30.9 Å². The van der Waals surface area contributed by atoms with Crippen molar-refractivity contribution in [1.82, 2.24) is 14.9 Å². The molecule has 0 radical (unpaired) electrons. The Morgan fingerprint density at radius 1 is 1.36 bits per heavy atom. The number of nitrogens with zero attached hydrogens (tertiary/aromatic N) is 3. The van der Waals surface area contributed by atoms with E-state index in [0.717, 1.165) is 12.4 Å². The lowest BCUT2D eigenvalue weighted by Gasteiger charge is -2.19. The van der Waals surface area contributed by atoms with Crippen LogP contribution in [0.15, 0.2) is 18.5 Å². The van der Waals surface area contributed by atoms with Crippen LogP contribution in [0.3, 0.4) is 0 Å². The Bertz CT molecular complexity index is 284. The molecule has 0 aliphatic carbocycles. The third kappa shape index (κ3) is 1.93. The normalized spacial score (nSPS) is 23.2. The average Bonchev–Trinajstić information content (AvgIpc) is 2.68. The Hall–Kier alpha value is -0.960. The SMILES string of the molecule is CC(C)N1CCC(c2ncccn2)C1. The first-order valence-corrected chi connectivity index (χ1v) is 5.28. The summed E-state index contributed by atoms with van der Waals surface area (Å²) in [5.74, 6) is 1.55. The van der Waals surface area contributed by atoms with Gasteiger partial charge in [0.2, 0.25) is 0 Å². The van der Waals surface area contributed by atoms with Crippen LogP contribution in [-0.2, 0) is 0 Å². The van der Waals surface area contributed by atoms with Crippen LogP contribution in [-0.4, -0.2) is 34.0 Å². The maximum absolute atomic E-state index is 4.32. The summed E-state index contributed by atoms with van der Waals surface area (Å²) >= 11 is 0. The smallest absolute Gasteiger partial charge is 0.132 e. The van der Waals surface area contributed by atoms with E-state index in [0.29, 0.717) is 12.0 Å². The Labute approximate surface area is 85.2 Å². The summed E-state index contributed by atoms with van der Waals surface area (Å²) in [4.78, 5) is 11.1. The lowest BCUT2D eigenvalue weighted by atomic mass is 10.1. The first kappa shape index (κ1) is 9.59. The molecule has 1 unspecified atom stereocenters. The van der Waals surface area contributed by atoms with Gasteiger partial charge in [-0.2, -0.15) is 0 Å². The summed E-state index contributed by atoms with van der Waals surface area (Å²) < 4.78 is 0. The molecule has 0 saturated carbocycles. The Balaban J connectivity index is 2.03. The van der Waals surface area contributed by atoms with Gasteiger partial charge in [0.15, 0.2) is 0 Å². The van der Waals surface area contributed by atoms with Crippen LogP contribution in [0.25, 0.3) is 0 Å². The highest BCUT2D eigenvalue weighted by Gasteiger charge is 2.26. The summed E-state index contributed by atoms with van der Waals surface area (Å²) in [5.41, 5.74) is 0. The van der Waals surface area contributed by atoms with Crippen molar-refractivity contribution in [2.75, 3.05) is 13.1 Å². The minimum atomic E-state index is 0.540. The van der Waals surface area contributed by atoms with Gasteiger partial charge in [0.05, 0.1) is 0 Å². The second kappa shape index (κ2) is 4.05. The number of hydrogen-bond acceptors (Lipinski definition) is 3. The van der Waals surface area contributed by atoms with Crippen LogP contribution in [0, 0.1) is 0 Å². The van der Waals surface area contributed by atoms with Crippen LogP contribution < -0.4 is 0 Å². The van der Waals surface area contributed by atoms with Gasteiger partial charge in [-0.1, -0.05) is 0 Å². The second-order valence-corrected chi connectivity index (χ2v) is 4.18. The zero-order valence-corrected chi connectivity index (χ0v) is 8.85. The van der Waals surface area contributed by atoms with E-state index in [4.69, 9.17) is 0 Å². The summed E-state index contributed by atoms with van der Waals surface area (Å²) in [7, 11) is 0. The highest BCUT2D eigenvalue weighted by atomic mass is 15.2. The van der Waals surface area contributed by atoms with Crippen molar-refractivity contribution >= 4 is 0 Å². The van der Waals surface area contributed by atoms with Crippen molar-refractivity contribution in [3.8, 4) is 0 Å². The predicted molar refractivity (Wildman–Crippen MR) is 56.1 cm³/mol. The molecule has 1 aromatic rings. The van der Waals surface area contributed by atoms with Gasteiger partial charge < -0.3 is 4.90 Å². The van der Waals surface area contributed by atoms with Crippen molar-refractivity contribution in [2.45, 2.75) is 32.2 Å². The van der Waals surface area contributed by atoms with Gasteiger partial charge >= 0.3 is 0 Å². The molecule has 1 aliphatic rings. The summed E-state index contributed by atoms with van der Waals surface area (Å²) in [6.07, 6.45) is 4.86. The largest absolute Gasteiger partial charge is 0.300 e. The average molecular weight is 191 g/mol. The fourth-order valence-electron chi connectivity index (χ4n) is 1.99. The Morgan fingerprint density at radius 3 is 2.64 bits per heavy atom. The number of likely N-dealkylation sites (tertiary alicyclic amines) is 1. The van der Waals surface area contributed by atoms with Crippen LogP contribution in [0.2, 0.25) is 0 Å². The molecule has 2 heterocycles. The predicted octanol–water partition coefficient (Wildman–Crippen LogP) is 1.67. The van der Waals surface area contributed by atoms with Gasteiger partial charge in [-0.3, -0.25) is 0 Å². The van der Waals surface area contributed by atoms with Crippen LogP contribution in [0.5, 0.6) is 0 Å². The molecule has 1 aliphatic heterocycles. The van der Waals surface area contributed by atoms with E-state index in [1.54, 1.807) is 0 Å². The van der Waals surface area contributed by atoms with Gasteiger partial charge in [0.25, 0.3) is 0 Å². The molecule has 3 heteroatoms. The standard InChI is InChI=1S/C11H17N3/c1-9(2)14-7-4-10(8-14)11-12-5-3-6-13-11/h3,5-6,9-10H,4,7-8H2,1-2H3. The van der Waals surface area contributed by atoms with Crippen LogP contribution in [0.1, 0.15) is 32.0 Å². The highest BCUT2D eigenvalue weighted by molar-refractivity contribution is 5.01. The molecule has 14 heavy (non-hydrogen) atoms. The zero-order valence-electron chi connectivity index (χ0n) is 8.85. The maximum atomic E-state index is 4.32. The quantitative estimate of drug-likeness (QED) is 0.712. The molecule has 76 valence electrons. The molecule has 1 atom stereocenters. The van der Waals surface area contributed by atoms with Gasteiger partial charge in [-0.15, -0.1) is 0 Å². The van der Waals surface area contributed by atoms with Gasteiger partial charge in [0.1, 0.15) is 5.82 Å². The molecule has 0 bridgehead atoms. The van der Waals surface area contributed by atoms with E-state index in [2.05, 4.69) is 28.7 Å². The Morgan fingerprint density at radius 2 is 2.07 bits per heavy atom. The lowest BCUT2D eigenvalue weighted by molar-refractivity contribution is 0.272. The second-order valence-electron chi connectivity index (χ2n) is 4.18. The fourth-order valence-corrected chi connectivity index (χ4v) is 1.99. The maximum Gasteiger partial charge on any atom is 0.132 e. The lowest BCUT2D eigenvalue weighted by Crippen LogP contribution is -2.28. The molecule has 1 fully saturated rings. The third-order valence-corrected chi connectivity index (χ3v) is 2.90. The molecule has 1 aromatic heterocycles. The van der Waals surface area contributed by atoms with E-state index >= 15 is 0 Å². The topological polar surface area (TPSA) is 29.0 Å². The van der Waals surface area contributed by atoms with Crippen molar-refractivity contribution in [2.24, 2.45) is 0 Å². The fraction of sp³-hybridized carbons (Fsp3) is 0.636. The van der Waals surface area contributed by atoms with Crippen molar-refractivity contribution in [3.05, 3.63) is 24.3 Å². The molecule has 0 aromatic carbocycles. The van der Waals surface area contributed by atoms with Crippen molar-refractivity contribution < 1.29 is 0 Å². The van der Waals surface area contributed by atoms with Gasteiger partial charge in [-0.25, -0.2) is 9.97 Å². The molecule has 0 amide bonds. The van der Waals surface area contributed by atoms with E-state index in [1.807, 2.05) is 18.5 Å². The van der Waals surface area contributed by atoms with Crippen molar-refractivity contribution in [1.29, 1.82) is 0 Å². The molecule has 0 N–H and O–H groups in total. The minimum absolute atomic E-state index is 0.540. The zero-order chi connectivity index (χ0) is 9.97. The minimum Gasteiger partial charge on any atom is -0.300 e. The van der Waals surface area contributed by atoms with E-state index in [-0.39, 0.29) is 0 Å². The number of hydrogen-bond donors (Lipinski definition) is 0. The molecule has 1 saturated heterocycles. The molecule has 0 spiro atoms. The monoisotopic (exact) mass is 191 g/mol. The summed E-state index contributed by atoms with van der Waals surface area (Å²) in [6.45, 7) is 6.78. The number of aromatic nitrogens is 2. The summed E-state index contributed by atoms with van der Waals surface area (Å²) in [6, 6.07) is 2.52. The Kier molecular flexibility index (Phi) is 2.77. The van der Waals surface area contributed by atoms with E-state index < -0.39 is 0 Å².